The first kappa shape index (κ1) is 12.4. The summed E-state index contributed by atoms with van der Waals surface area (Å²) >= 11 is 3.27. The van der Waals surface area contributed by atoms with Crippen LogP contribution in [0, 0.1) is 0 Å². The number of aryl methyl sites for hydroxylation is 1. The smallest absolute Gasteiger partial charge is 0.163 e. The van der Waals surface area contributed by atoms with Gasteiger partial charge >= 0.3 is 0 Å². The van der Waals surface area contributed by atoms with E-state index in [-0.39, 0.29) is 0 Å². The first-order valence-corrected chi connectivity index (χ1v) is 7.53. The van der Waals surface area contributed by atoms with E-state index in [1.165, 1.54) is 0 Å². The van der Waals surface area contributed by atoms with E-state index >= 15 is 0 Å². The van der Waals surface area contributed by atoms with Crippen LogP contribution in [0.1, 0.15) is 5.82 Å². The number of fused-ring (bicyclic) bond motifs is 1. The molecule has 8 heteroatoms. The second-order valence-electron chi connectivity index (χ2n) is 3.83. The van der Waals surface area contributed by atoms with Crippen LogP contribution in [0.5, 0.6) is 0 Å². The minimum atomic E-state index is 0.698. The highest BCUT2D eigenvalue weighted by molar-refractivity contribution is 8.00. The van der Waals surface area contributed by atoms with Crippen molar-refractivity contribution in [2.75, 3.05) is 12.4 Å². The number of anilines is 1. The van der Waals surface area contributed by atoms with Gasteiger partial charge in [0.15, 0.2) is 5.65 Å². The van der Waals surface area contributed by atoms with Crippen molar-refractivity contribution in [2.45, 2.75) is 10.1 Å². The second kappa shape index (κ2) is 5.14. The quantitative estimate of drug-likeness (QED) is 0.743. The molecule has 0 aliphatic rings. The lowest BCUT2D eigenvalue weighted by Crippen LogP contribution is -2.02. The highest BCUT2D eigenvalue weighted by Crippen LogP contribution is 2.25. The van der Waals surface area contributed by atoms with Crippen LogP contribution in [-0.2, 0) is 12.8 Å². The molecule has 0 fully saturated rings. The van der Waals surface area contributed by atoms with Crippen LogP contribution in [0.15, 0.2) is 22.1 Å². The lowest BCUT2D eigenvalue weighted by molar-refractivity contribution is 0.782. The maximum absolute atomic E-state index is 4.55. The van der Waals surface area contributed by atoms with E-state index in [4.69, 9.17) is 0 Å². The van der Waals surface area contributed by atoms with E-state index in [0.717, 1.165) is 27.0 Å². The fourth-order valence-corrected chi connectivity index (χ4v) is 3.22. The Morgan fingerprint density at radius 2 is 2.32 bits per heavy atom. The minimum absolute atomic E-state index is 0.698. The molecule has 3 rings (SSSR count). The van der Waals surface area contributed by atoms with Gasteiger partial charge in [0.25, 0.3) is 0 Å². The molecule has 19 heavy (non-hydrogen) atoms. The van der Waals surface area contributed by atoms with Gasteiger partial charge in [0.05, 0.1) is 17.3 Å². The topological polar surface area (TPSA) is 68.5 Å². The monoisotopic (exact) mass is 292 g/mol. The lowest BCUT2D eigenvalue weighted by atomic mass is 10.4. The Morgan fingerprint density at radius 1 is 1.42 bits per heavy atom. The predicted molar refractivity (Wildman–Crippen MR) is 77.5 cm³/mol. The average molecular weight is 292 g/mol. The fraction of sp³-hybridized carbons (Fsp3) is 0.273. The summed E-state index contributed by atoms with van der Waals surface area (Å²) in [6, 6.07) is 0. The van der Waals surface area contributed by atoms with Crippen molar-refractivity contribution in [3.05, 3.63) is 23.6 Å². The van der Waals surface area contributed by atoms with Crippen LogP contribution in [0.25, 0.3) is 11.0 Å². The SMILES string of the molecule is CNc1nc(CSc2nccs2)nc2c1cnn2C. The van der Waals surface area contributed by atoms with Crippen LogP contribution in [0.4, 0.5) is 5.82 Å². The van der Waals surface area contributed by atoms with Gasteiger partial charge in [0.2, 0.25) is 0 Å². The van der Waals surface area contributed by atoms with Crippen molar-refractivity contribution >= 4 is 39.9 Å². The molecule has 0 radical (unpaired) electrons. The molecule has 3 aromatic heterocycles. The Hall–Kier alpha value is -1.67. The molecule has 3 heterocycles. The van der Waals surface area contributed by atoms with Gasteiger partial charge in [-0.25, -0.2) is 15.0 Å². The summed E-state index contributed by atoms with van der Waals surface area (Å²) in [7, 11) is 3.74. The van der Waals surface area contributed by atoms with Crippen LogP contribution >= 0.6 is 23.1 Å². The Bertz CT molecular complexity index is 691. The summed E-state index contributed by atoms with van der Waals surface area (Å²) in [6.45, 7) is 0. The first-order chi connectivity index (χ1) is 9.28. The molecular weight excluding hydrogens is 280 g/mol. The van der Waals surface area contributed by atoms with E-state index in [9.17, 15) is 0 Å². The standard InChI is InChI=1S/C11H12N6S2/c1-12-9-7-5-14-17(2)10(7)16-8(15-9)6-19-11-13-3-4-18-11/h3-5H,6H2,1-2H3,(H,12,15,16). The zero-order chi connectivity index (χ0) is 13.2. The molecule has 0 aliphatic heterocycles. The van der Waals surface area contributed by atoms with Gasteiger partial charge in [-0.3, -0.25) is 4.68 Å². The molecule has 0 saturated heterocycles. The molecular formula is C11H12N6S2. The number of hydrogen-bond acceptors (Lipinski definition) is 7. The van der Waals surface area contributed by atoms with Crippen molar-refractivity contribution in [1.82, 2.24) is 24.7 Å². The summed E-state index contributed by atoms with van der Waals surface area (Å²) in [5.74, 6) is 2.29. The molecule has 3 aromatic rings. The molecule has 0 amide bonds. The third-order valence-corrected chi connectivity index (χ3v) is 4.57. The van der Waals surface area contributed by atoms with Crippen molar-refractivity contribution in [1.29, 1.82) is 0 Å². The van der Waals surface area contributed by atoms with Crippen LogP contribution in [-0.4, -0.2) is 31.8 Å². The molecule has 1 N–H and O–H groups in total. The van der Waals surface area contributed by atoms with Gasteiger partial charge in [0, 0.05) is 25.7 Å². The molecule has 0 atom stereocenters. The van der Waals surface area contributed by atoms with Gasteiger partial charge in [-0.2, -0.15) is 5.10 Å². The Balaban J connectivity index is 1.92. The maximum atomic E-state index is 4.55. The normalized spacial score (nSPS) is 11.1. The summed E-state index contributed by atoms with van der Waals surface area (Å²) in [4.78, 5) is 13.3. The number of aromatic nitrogens is 5. The number of nitrogens with zero attached hydrogens (tertiary/aromatic N) is 5. The maximum Gasteiger partial charge on any atom is 0.163 e. The summed E-state index contributed by atoms with van der Waals surface area (Å²) in [5, 5.41) is 10.2. The average Bonchev–Trinajstić information content (AvgIpc) is 3.06. The Morgan fingerprint density at radius 3 is 3.05 bits per heavy atom. The lowest BCUT2D eigenvalue weighted by Gasteiger charge is -2.04. The number of thioether (sulfide) groups is 1. The second-order valence-corrected chi connectivity index (χ2v) is 5.95. The van der Waals surface area contributed by atoms with Gasteiger partial charge in [0.1, 0.15) is 16.0 Å². The molecule has 0 aromatic carbocycles. The third kappa shape index (κ3) is 2.41. The highest BCUT2D eigenvalue weighted by Gasteiger charge is 2.11. The van der Waals surface area contributed by atoms with Gasteiger partial charge in [-0.1, -0.05) is 11.8 Å². The van der Waals surface area contributed by atoms with Gasteiger partial charge < -0.3 is 5.32 Å². The zero-order valence-corrected chi connectivity index (χ0v) is 12.1. The molecule has 0 saturated carbocycles. The Kier molecular flexibility index (Phi) is 3.34. The van der Waals surface area contributed by atoms with Gasteiger partial charge in [-0.15, -0.1) is 11.3 Å². The van der Waals surface area contributed by atoms with Crippen molar-refractivity contribution in [2.24, 2.45) is 7.05 Å². The zero-order valence-electron chi connectivity index (χ0n) is 10.5. The number of rotatable bonds is 4. The highest BCUT2D eigenvalue weighted by atomic mass is 32.2. The van der Waals surface area contributed by atoms with E-state index in [1.54, 1.807) is 40.2 Å². The van der Waals surface area contributed by atoms with E-state index in [1.807, 2.05) is 19.5 Å². The number of hydrogen-bond donors (Lipinski definition) is 1. The summed E-state index contributed by atoms with van der Waals surface area (Å²) in [6.07, 6.45) is 3.58. The number of thiazole rings is 1. The van der Waals surface area contributed by atoms with Crippen LogP contribution < -0.4 is 5.32 Å². The third-order valence-electron chi connectivity index (χ3n) is 2.61. The Labute approximate surface area is 118 Å². The molecule has 0 spiro atoms. The number of nitrogens with one attached hydrogen (secondary N) is 1. The fourth-order valence-electron chi connectivity index (χ4n) is 1.73. The van der Waals surface area contributed by atoms with E-state index < -0.39 is 0 Å². The summed E-state index contributed by atoms with van der Waals surface area (Å²) < 4.78 is 2.79. The van der Waals surface area contributed by atoms with Crippen molar-refractivity contribution in [3.8, 4) is 0 Å². The molecule has 98 valence electrons. The largest absolute Gasteiger partial charge is 0.372 e. The first-order valence-electron chi connectivity index (χ1n) is 5.66. The molecule has 0 aliphatic carbocycles. The van der Waals surface area contributed by atoms with Crippen LogP contribution in [0.2, 0.25) is 0 Å². The summed E-state index contributed by atoms with van der Waals surface area (Å²) in [5.41, 5.74) is 0.842. The molecule has 0 bridgehead atoms. The van der Waals surface area contributed by atoms with E-state index in [2.05, 4.69) is 25.4 Å². The van der Waals surface area contributed by atoms with Crippen LogP contribution in [0.3, 0.4) is 0 Å². The minimum Gasteiger partial charge on any atom is -0.372 e. The molecule has 0 unspecified atom stereocenters. The van der Waals surface area contributed by atoms with Crippen molar-refractivity contribution < 1.29 is 0 Å². The van der Waals surface area contributed by atoms with Gasteiger partial charge in [-0.05, 0) is 0 Å². The molecule has 6 nitrogen and oxygen atoms in total. The van der Waals surface area contributed by atoms with Crippen molar-refractivity contribution in [3.63, 3.8) is 0 Å². The predicted octanol–water partition coefficient (Wildman–Crippen LogP) is 2.15. The van der Waals surface area contributed by atoms with E-state index in [0.29, 0.717) is 5.75 Å².